The summed E-state index contributed by atoms with van der Waals surface area (Å²) in [4.78, 5) is 26.0. The van der Waals surface area contributed by atoms with Crippen LogP contribution < -0.4 is 5.32 Å². The number of likely N-dealkylation sites (tertiary alicyclic amines) is 1. The lowest BCUT2D eigenvalue weighted by Crippen LogP contribution is -2.48. The summed E-state index contributed by atoms with van der Waals surface area (Å²) in [7, 11) is 0. The highest BCUT2D eigenvalue weighted by Crippen LogP contribution is 2.49. The van der Waals surface area contributed by atoms with Crippen molar-refractivity contribution in [2.45, 2.75) is 51.5 Å². The standard InChI is InChI=1S/C14H24N2O2S/c1-11(13(18)16-7-3-2-4-8-16)15-12(17)9-14(10-19)5-6-14/h11,19H,2-10H2,1H3,(H,15,17). The van der Waals surface area contributed by atoms with E-state index in [1.54, 1.807) is 6.92 Å². The maximum Gasteiger partial charge on any atom is 0.244 e. The number of carbonyl (C=O) groups excluding carboxylic acids is 2. The summed E-state index contributed by atoms with van der Waals surface area (Å²) < 4.78 is 0. The summed E-state index contributed by atoms with van der Waals surface area (Å²) in [5, 5.41) is 2.84. The van der Waals surface area contributed by atoms with Gasteiger partial charge in [-0.3, -0.25) is 9.59 Å². The van der Waals surface area contributed by atoms with E-state index in [2.05, 4.69) is 17.9 Å². The van der Waals surface area contributed by atoms with Gasteiger partial charge in [-0.2, -0.15) is 12.6 Å². The predicted molar refractivity (Wildman–Crippen MR) is 78.2 cm³/mol. The maximum absolute atomic E-state index is 12.2. The molecule has 0 aromatic rings. The lowest BCUT2D eigenvalue weighted by atomic mass is 10.0. The molecule has 1 N–H and O–H groups in total. The van der Waals surface area contributed by atoms with Crippen molar-refractivity contribution in [3.8, 4) is 0 Å². The normalized spacial score (nSPS) is 22.7. The molecule has 2 rings (SSSR count). The highest BCUT2D eigenvalue weighted by Gasteiger charge is 2.43. The fourth-order valence-corrected chi connectivity index (χ4v) is 3.08. The number of hydrogen-bond acceptors (Lipinski definition) is 3. The SMILES string of the molecule is CC(NC(=O)CC1(CS)CC1)C(=O)N1CCCCC1. The summed E-state index contributed by atoms with van der Waals surface area (Å²) in [6.07, 6.45) is 6.03. The van der Waals surface area contributed by atoms with Gasteiger partial charge in [0, 0.05) is 19.5 Å². The highest BCUT2D eigenvalue weighted by molar-refractivity contribution is 7.80. The van der Waals surface area contributed by atoms with Gasteiger partial charge in [0.25, 0.3) is 0 Å². The van der Waals surface area contributed by atoms with Crippen molar-refractivity contribution in [1.29, 1.82) is 0 Å². The third-order valence-electron chi connectivity index (χ3n) is 4.24. The fourth-order valence-electron chi connectivity index (χ4n) is 2.65. The summed E-state index contributed by atoms with van der Waals surface area (Å²) in [6, 6.07) is -0.402. The second kappa shape index (κ2) is 6.16. The molecule has 1 saturated heterocycles. The number of amides is 2. The van der Waals surface area contributed by atoms with Gasteiger partial charge < -0.3 is 10.2 Å². The minimum Gasteiger partial charge on any atom is -0.345 e. The third-order valence-corrected chi connectivity index (χ3v) is 4.91. The van der Waals surface area contributed by atoms with Crippen molar-refractivity contribution < 1.29 is 9.59 Å². The molecule has 2 aliphatic rings. The molecule has 1 unspecified atom stereocenters. The van der Waals surface area contributed by atoms with Gasteiger partial charge in [-0.25, -0.2) is 0 Å². The van der Waals surface area contributed by atoms with Crippen LogP contribution in [0.4, 0.5) is 0 Å². The van der Waals surface area contributed by atoms with Crippen molar-refractivity contribution in [1.82, 2.24) is 10.2 Å². The molecule has 1 atom stereocenters. The summed E-state index contributed by atoms with van der Waals surface area (Å²) >= 11 is 4.30. The zero-order valence-electron chi connectivity index (χ0n) is 11.7. The first kappa shape index (κ1) is 14.7. The minimum absolute atomic E-state index is 0.00981. The van der Waals surface area contributed by atoms with Crippen LogP contribution in [-0.4, -0.2) is 41.6 Å². The van der Waals surface area contributed by atoms with E-state index in [4.69, 9.17) is 0 Å². The van der Waals surface area contributed by atoms with Crippen LogP contribution in [0.25, 0.3) is 0 Å². The molecular formula is C14H24N2O2S. The molecule has 2 fully saturated rings. The molecular weight excluding hydrogens is 260 g/mol. The minimum atomic E-state index is -0.402. The third kappa shape index (κ3) is 3.88. The largest absolute Gasteiger partial charge is 0.345 e. The van der Waals surface area contributed by atoms with Crippen molar-refractivity contribution >= 4 is 24.4 Å². The quantitative estimate of drug-likeness (QED) is 0.754. The zero-order chi connectivity index (χ0) is 13.9. The number of nitrogens with one attached hydrogen (secondary N) is 1. The van der Waals surface area contributed by atoms with E-state index < -0.39 is 6.04 Å². The van der Waals surface area contributed by atoms with Crippen molar-refractivity contribution in [2.75, 3.05) is 18.8 Å². The molecule has 0 radical (unpaired) electrons. The Kier molecular flexibility index (Phi) is 4.76. The van der Waals surface area contributed by atoms with Crippen LogP contribution in [0.15, 0.2) is 0 Å². The number of hydrogen-bond donors (Lipinski definition) is 2. The Morgan fingerprint density at radius 3 is 2.42 bits per heavy atom. The van der Waals surface area contributed by atoms with E-state index >= 15 is 0 Å². The summed E-state index contributed by atoms with van der Waals surface area (Å²) in [5.74, 6) is 0.808. The molecule has 5 heteroatoms. The van der Waals surface area contributed by atoms with E-state index in [9.17, 15) is 9.59 Å². The Balaban J connectivity index is 1.77. The molecule has 0 bridgehead atoms. The van der Waals surface area contributed by atoms with E-state index in [0.29, 0.717) is 6.42 Å². The predicted octanol–water partition coefficient (Wildman–Crippen LogP) is 1.60. The number of thiol groups is 1. The fraction of sp³-hybridized carbons (Fsp3) is 0.857. The smallest absolute Gasteiger partial charge is 0.244 e. The van der Waals surface area contributed by atoms with Crippen LogP contribution in [0.5, 0.6) is 0 Å². The lowest BCUT2D eigenvalue weighted by molar-refractivity contribution is -0.137. The molecule has 0 aromatic carbocycles. The number of rotatable bonds is 5. The average Bonchev–Trinajstić information content (AvgIpc) is 3.19. The first-order chi connectivity index (χ1) is 9.06. The Bertz CT molecular complexity index is 349. The second-order valence-electron chi connectivity index (χ2n) is 6.01. The topological polar surface area (TPSA) is 49.4 Å². The van der Waals surface area contributed by atoms with Crippen LogP contribution in [0.3, 0.4) is 0 Å². The van der Waals surface area contributed by atoms with Gasteiger partial charge in [0.2, 0.25) is 11.8 Å². The number of piperidine rings is 1. The Labute approximate surface area is 120 Å². The molecule has 1 heterocycles. The van der Waals surface area contributed by atoms with Crippen molar-refractivity contribution in [2.24, 2.45) is 5.41 Å². The zero-order valence-corrected chi connectivity index (χ0v) is 12.5. The van der Waals surface area contributed by atoms with Crippen LogP contribution in [0, 0.1) is 5.41 Å². The van der Waals surface area contributed by atoms with Crippen LogP contribution >= 0.6 is 12.6 Å². The Morgan fingerprint density at radius 2 is 1.89 bits per heavy atom. The van der Waals surface area contributed by atoms with Crippen LogP contribution in [-0.2, 0) is 9.59 Å². The first-order valence-electron chi connectivity index (χ1n) is 7.25. The molecule has 1 aliphatic carbocycles. The van der Waals surface area contributed by atoms with Gasteiger partial charge in [-0.15, -0.1) is 0 Å². The summed E-state index contributed by atoms with van der Waals surface area (Å²) in [5.41, 5.74) is 0.112. The molecule has 1 saturated carbocycles. The number of carbonyl (C=O) groups is 2. The van der Waals surface area contributed by atoms with Gasteiger partial charge in [0.1, 0.15) is 6.04 Å². The Hall–Kier alpha value is -0.710. The van der Waals surface area contributed by atoms with E-state index in [1.807, 2.05) is 4.90 Å². The van der Waals surface area contributed by atoms with Gasteiger partial charge in [0.05, 0.1) is 0 Å². The highest BCUT2D eigenvalue weighted by atomic mass is 32.1. The lowest BCUT2D eigenvalue weighted by Gasteiger charge is -2.29. The summed E-state index contributed by atoms with van der Waals surface area (Å²) in [6.45, 7) is 3.45. The van der Waals surface area contributed by atoms with Gasteiger partial charge in [-0.05, 0) is 50.2 Å². The molecule has 108 valence electrons. The van der Waals surface area contributed by atoms with Crippen molar-refractivity contribution in [3.05, 3.63) is 0 Å². The van der Waals surface area contributed by atoms with Crippen LogP contribution in [0.2, 0.25) is 0 Å². The molecule has 0 aromatic heterocycles. The molecule has 1 aliphatic heterocycles. The van der Waals surface area contributed by atoms with E-state index in [1.165, 1.54) is 6.42 Å². The van der Waals surface area contributed by atoms with Crippen molar-refractivity contribution in [3.63, 3.8) is 0 Å². The van der Waals surface area contributed by atoms with E-state index in [-0.39, 0.29) is 17.2 Å². The van der Waals surface area contributed by atoms with Gasteiger partial charge in [-0.1, -0.05) is 0 Å². The van der Waals surface area contributed by atoms with Gasteiger partial charge in [0.15, 0.2) is 0 Å². The van der Waals surface area contributed by atoms with Crippen LogP contribution in [0.1, 0.15) is 45.4 Å². The maximum atomic E-state index is 12.2. The molecule has 19 heavy (non-hydrogen) atoms. The molecule has 2 amide bonds. The average molecular weight is 284 g/mol. The monoisotopic (exact) mass is 284 g/mol. The van der Waals surface area contributed by atoms with E-state index in [0.717, 1.165) is 44.5 Å². The first-order valence-corrected chi connectivity index (χ1v) is 7.89. The van der Waals surface area contributed by atoms with Gasteiger partial charge >= 0.3 is 0 Å². The number of nitrogens with zero attached hydrogens (tertiary/aromatic N) is 1. The molecule has 0 spiro atoms. The second-order valence-corrected chi connectivity index (χ2v) is 6.33. The molecule has 4 nitrogen and oxygen atoms in total. The Morgan fingerprint density at radius 1 is 1.26 bits per heavy atom.